The van der Waals surface area contributed by atoms with Gasteiger partial charge in [-0.3, -0.25) is 24.4 Å². The van der Waals surface area contributed by atoms with Crippen LogP contribution in [0.3, 0.4) is 0 Å². The Morgan fingerprint density at radius 3 is 2.18 bits per heavy atom. The minimum Gasteiger partial charge on any atom is -0.351 e. The molecule has 1 N–H and O–H groups in total. The number of anilines is 1. The van der Waals surface area contributed by atoms with Crippen molar-refractivity contribution in [1.82, 2.24) is 15.2 Å². The van der Waals surface area contributed by atoms with Gasteiger partial charge in [0.1, 0.15) is 22.8 Å². The average Bonchev–Trinajstić information content (AvgIpc) is 3.58. The van der Waals surface area contributed by atoms with Gasteiger partial charge in [0.15, 0.2) is 6.19 Å². The summed E-state index contributed by atoms with van der Waals surface area (Å²) < 4.78 is 110. The maximum atomic E-state index is 14.6. The summed E-state index contributed by atoms with van der Waals surface area (Å²) in [5.74, 6) is -5.70. The molecule has 246 valence electrons. The number of alkyl halides is 2. The van der Waals surface area contributed by atoms with Crippen LogP contribution in [0.15, 0.2) is 47.6 Å². The van der Waals surface area contributed by atoms with Crippen molar-refractivity contribution in [3.05, 3.63) is 54.1 Å². The highest BCUT2D eigenvalue weighted by atomic mass is 32.5. The lowest BCUT2D eigenvalue weighted by Crippen LogP contribution is -2.55. The molecule has 1 saturated heterocycles. The van der Waals surface area contributed by atoms with Crippen LogP contribution in [-0.2, 0) is 9.59 Å². The van der Waals surface area contributed by atoms with Crippen LogP contribution >= 0.6 is 10.2 Å². The van der Waals surface area contributed by atoms with E-state index in [4.69, 9.17) is 0 Å². The molecule has 2 atom stereocenters. The van der Waals surface area contributed by atoms with Crippen molar-refractivity contribution in [2.24, 2.45) is 5.41 Å². The molecule has 2 aliphatic carbocycles. The number of halogens is 8. The number of rotatable bonds is 7. The molecule has 2 aromatic rings. The van der Waals surface area contributed by atoms with Gasteiger partial charge < -0.3 is 5.32 Å². The first-order valence-corrected chi connectivity index (χ1v) is 16.4. The number of carbonyl (C=O) groups excluding carboxylic acids is 2. The van der Waals surface area contributed by atoms with Gasteiger partial charge >= 0.3 is 10.2 Å². The number of nitrogens with zero attached hydrogens (tertiary/aromatic N) is 4. The predicted molar refractivity (Wildman–Crippen MR) is 149 cm³/mol. The molecule has 2 amide bonds. The van der Waals surface area contributed by atoms with Crippen molar-refractivity contribution in [3.8, 4) is 6.19 Å². The van der Waals surface area contributed by atoms with Crippen molar-refractivity contribution < 1.29 is 42.2 Å². The number of hydrogen-bond acceptors (Lipinski definition) is 5. The van der Waals surface area contributed by atoms with Gasteiger partial charge in [-0.2, -0.15) is 5.26 Å². The summed E-state index contributed by atoms with van der Waals surface area (Å²) in [7, 11) is -10.1. The summed E-state index contributed by atoms with van der Waals surface area (Å²) in [5.41, 5.74) is -1.31. The molecule has 3 aliphatic rings. The topological polar surface area (TPSA) is 89.3 Å². The summed E-state index contributed by atoms with van der Waals surface area (Å²) in [6.45, 7) is 0.193. The lowest BCUT2D eigenvalue weighted by molar-refractivity contribution is -0.130. The van der Waals surface area contributed by atoms with Crippen molar-refractivity contribution in [2.75, 3.05) is 11.4 Å². The molecule has 3 fully saturated rings. The third-order valence-corrected chi connectivity index (χ3v) is 10.3. The van der Waals surface area contributed by atoms with Crippen LogP contribution in [0.25, 0.3) is 0 Å². The lowest BCUT2D eigenvalue weighted by Gasteiger charge is -2.41. The normalized spacial score (nSPS) is 23.5. The Kier molecular flexibility index (Phi) is 7.82. The Morgan fingerprint density at radius 2 is 1.62 bits per heavy atom. The minimum atomic E-state index is -10.1. The van der Waals surface area contributed by atoms with Crippen LogP contribution in [-0.4, -0.2) is 46.2 Å². The first kappa shape index (κ1) is 32.8. The predicted octanol–water partition coefficient (Wildman–Crippen LogP) is 7.76. The fourth-order valence-corrected chi connectivity index (χ4v) is 7.55. The van der Waals surface area contributed by atoms with Gasteiger partial charge in [0.2, 0.25) is 11.8 Å². The second kappa shape index (κ2) is 10.7. The third-order valence-electron chi connectivity index (χ3n) is 9.11. The van der Waals surface area contributed by atoms with Crippen molar-refractivity contribution in [2.45, 2.75) is 86.7 Å². The Hall–Kier alpha value is -3.61. The number of nitriles is 1. The van der Waals surface area contributed by atoms with Gasteiger partial charge in [-0.1, -0.05) is 32.3 Å². The minimum absolute atomic E-state index is 0.0984. The van der Waals surface area contributed by atoms with Crippen molar-refractivity contribution in [1.29, 1.82) is 5.26 Å². The summed E-state index contributed by atoms with van der Waals surface area (Å²) >= 11 is 0. The smallest absolute Gasteiger partial charge is 0.310 e. The molecule has 16 heteroatoms. The number of likely N-dealkylation sites (tertiary alicyclic amines) is 1. The van der Waals surface area contributed by atoms with Crippen LogP contribution in [0.2, 0.25) is 0 Å². The van der Waals surface area contributed by atoms with E-state index in [1.165, 1.54) is 4.90 Å². The number of aromatic nitrogens is 1. The Bertz CT molecular complexity index is 1500. The van der Waals surface area contributed by atoms with Crippen molar-refractivity contribution >= 4 is 27.7 Å². The fraction of sp³-hybridized carbons (Fsp3) is 0.517. The number of hydrogen-bond donors (Lipinski definition) is 1. The highest BCUT2D eigenvalue weighted by molar-refractivity contribution is 8.45. The zero-order valence-corrected chi connectivity index (χ0v) is 24.7. The Morgan fingerprint density at radius 1 is 1.00 bits per heavy atom. The van der Waals surface area contributed by atoms with E-state index in [9.17, 15) is 47.5 Å². The zero-order chi connectivity index (χ0) is 32.9. The summed E-state index contributed by atoms with van der Waals surface area (Å²) in [5, 5.41) is 12.5. The molecule has 5 rings (SSSR count). The van der Waals surface area contributed by atoms with Gasteiger partial charge in [-0.15, -0.1) is 0 Å². The largest absolute Gasteiger partial charge is 0.351 e. The zero-order valence-electron chi connectivity index (χ0n) is 23.9. The number of pyridine rings is 1. The SMILES string of the molecule is N#CN1CCC2(CCCC2)C1C(=O)N(c1ccc(S(F)(F)(F)(F)F)cc1)C(C(=O)NC1CCC(F)(F)CC1)c1cncc(F)c1. The van der Waals surface area contributed by atoms with Gasteiger partial charge in [0, 0.05) is 48.3 Å². The highest BCUT2D eigenvalue weighted by Crippen LogP contribution is 3.02. The molecule has 1 aromatic carbocycles. The molecule has 2 heterocycles. The van der Waals surface area contributed by atoms with E-state index in [-0.39, 0.29) is 37.1 Å². The van der Waals surface area contributed by atoms with Crippen LogP contribution in [0, 0.1) is 22.7 Å². The number of nitrogens with one attached hydrogen (secondary N) is 1. The average molecular weight is 666 g/mol. The van der Waals surface area contributed by atoms with E-state index in [0.29, 0.717) is 31.4 Å². The molecule has 2 saturated carbocycles. The van der Waals surface area contributed by atoms with Gasteiger partial charge in [-0.05, 0) is 62.4 Å². The van der Waals surface area contributed by atoms with Crippen LogP contribution in [0.4, 0.5) is 38.3 Å². The molecule has 1 aliphatic heterocycles. The van der Waals surface area contributed by atoms with E-state index in [1.54, 1.807) is 0 Å². The third kappa shape index (κ3) is 6.83. The summed E-state index contributed by atoms with van der Waals surface area (Å²) in [6, 6.07) is -1.42. The molecule has 1 spiro atoms. The van der Waals surface area contributed by atoms with Crippen molar-refractivity contribution in [3.63, 3.8) is 0 Å². The summed E-state index contributed by atoms with van der Waals surface area (Å²) in [4.78, 5) is 32.2. The van der Waals surface area contributed by atoms with Gasteiger partial charge in [0.25, 0.3) is 5.91 Å². The van der Waals surface area contributed by atoms with E-state index in [1.807, 2.05) is 6.19 Å². The maximum Gasteiger partial charge on any atom is 0.310 e. The molecule has 1 aromatic heterocycles. The van der Waals surface area contributed by atoms with E-state index in [2.05, 4.69) is 10.3 Å². The van der Waals surface area contributed by atoms with Gasteiger partial charge in [-0.25, -0.2) is 13.2 Å². The second-order valence-corrected chi connectivity index (χ2v) is 14.6. The second-order valence-electron chi connectivity index (χ2n) is 12.2. The molecule has 0 bridgehead atoms. The van der Waals surface area contributed by atoms with Gasteiger partial charge in [0.05, 0.1) is 6.20 Å². The maximum absolute atomic E-state index is 14.6. The molecule has 0 radical (unpaired) electrons. The number of benzene rings is 1. The number of amides is 2. The molecule has 7 nitrogen and oxygen atoms in total. The quantitative estimate of drug-likeness (QED) is 0.241. The van der Waals surface area contributed by atoms with Crippen LogP contribution in [0.1, 0.15) is 69.4 Å². The van der Waals surface area contributed by atoms with Crippen LogP contribution < -0.4 is 10.2 Å². The monoisotopic (exact) mass is 665 g/mol. The molecular weight excluding hydrogens is 634 g/mol. The molecule has 45 heavy (non-hydrogen) atoms. The van der Waals surface area contributed by atoms with Crippen LogP contribution in [0.5, 0.6) is 0 Å². The van der Waals surface area contributed by atoms with E-state index >= 15 is 0 Å². The fourth-order valence-electron chi connectivity index (χ4n) is 6.90. The Balaban J connectivity index is 1.64. The molecule has 2 unspecified atom stereocenters. The standard InChI is InChI=1S/C29H31F8N5O2S/c30-20-15-19(16-39-17-20)24(26(43)40-21-7-11-29(31,32)12-8-21)42(22-3-5-23(6-4-22)45(33,34,35,36)37)27(44)25-28(9-1-2-10-28)13-14-41(25)18-38/h3-6,15-17,21,24-25H,1-2,7-14H2,(H,40,43). The Labute approximate surface area is 254 Å². The lowest BCUT2D eigenvalue weighted by atomic mass is 9.77. The summed E-state index contributed by atoms with van der Waals surface area (Å²) in [6.07, 6.45) is 5.61. The highest BCUT2D eigenvalue weighted by Gasteiger charge is 2.65. The van der Waals surface area contributed by atoms with E-state index < -0.39 is 80.7 Å². The number of carbonyl (C=O) groups is 2. The first-order chi connectivity index (χ1) is 20.8. The van der Waals surface area contributed by atoms with E-state index in [0.717, 1.165) is 36.2 Å². The first-order valence-electron chi connectivity index (χ1n) is 14.4. The molecular formula is C29H31F8N5O2S.